The van der Waals surface area contributed by atoms with Gasteiger partial charge in [-0.1, -0.05) is 30.3 Å². The molecule has 0 saturated carbocycles. The average Bonchev–Trinajstić information content (AvgIpc) is 3.04. The molecule has 1 aliphatic rings. The molecule has 1 heterocycles. The Bertz CT molecular complexity index is 1280. The van der Waals surface area contributed by atoms with Gasteiger partial charge in [0.25, 0.3) is 5.91 Å². The van der Waals surface area contributed by atoms with Gasteiger partial charge in [0, 0.05) is 0 Å². The zero-order chi connectivity index (χ0) is 22.0. The van der Waals surface area contributed by atoms with Gasteiger partial charge >= 0.3 is 0 Å². The predicted molar refractivity (Wildman–Crippen MR) is 123 cm³/mol. The van der Waals surface area contributed by atoms with E-state index in [4.69, 9.17) is 5.14 Å². The Balaban J connectivity index is 1.74. The summed E-state index contributed by atoms with van der Waals surface area (Å²) in [5, 5.41) is 15.0. The maximum atomic E-state index is 13.2. The Hall–Kier alpha value is -3.40. The summed E-state index contributed by atoms with van der Waals surface area (Å²) in [5.74, 6) is -0.0900. The number of hydrogen-bond acceptors (Lipinski definition) is 6. The van der Waals surface area contributed by atoms with Gasteiger partial charge in [-0.15, -0.1) is 0 Å². The maximum absolute atomic E-state index is 13.2. The third-order valence-corrected chi connectivity index (χ3v) is 6.30. The number of aliphatic imine (C=N–C) groups is 1. The van der Waals surface area contributed by atoms with Crippen molar-refractivity contribution in [1.82, 2.24) is 0 Å². The van der Waals surface area contributed by atoms with Gasteiger partial charge in [0.15, 0.2) is 5.17 Å². The molecule has 7 nitrogen and oxygen atoms in total. The number of nitrogens with two attached hydrogens (primary N) is 1. The predicted octanol–water partition coefficient (Wildman–Crippen LogP) is 3.85. The van der Waals surface area contributed by atoms with E-state index in [2.05, 4.69) is 4.99 Å². The normalized spacial score (nSPS) is 16.9. The number of para-hydroxylation sites is 1. The van der Waals surface area contributed by atoms with E-state index in [1.165, 1.54) is 40.9 Å². The van der Waals surface area contributed by atoms with Gasteiger partial charge < -0.3 is 5.11 Å². The molecule has 9 heteroatoms. The van der Waals surface area contributed by atoms with E-state index in [1.807, 2.05) is 30.3 Å². The van der Waals surface area contributed by atoms with Crippen molar-refractivity contribution in [3.63, 3.8) is 0 Å². The fraction of sp³-hybridized carbons (Fsp3) is 0. The Morgan fingerprint density at radius 1 is 0.935 bits per heavy atom. The van der Waals surface area contributed by atoms with Crippen LogP contribution >= 0.6 is 11.8 Å². The van der Waals surface area contributed by atoms with E-state index in [1.54, 1.807) is 30.3 Å². The molecule has 1 aliphatic heterocycles. The van der Waals surface area contributed by atoms with E-state index in [0.717, 1.165) is 5.56 Å². The van der Waals surface area contributed by atoms with Crippen LogP contribution in [0.25, 0.3) is 6.08 Å². The number of primary sulfonamides is 1. The Morgan fingerprint density at radius 2 is 1.58 bits per heavy atom. The molecule has 0 spiro atoms. The molecular formula is C22H17N3O4S2. The Labute approximate surface area is 183 Å². The van der Waals surface area contributed by atoms with Crippen LogP contribution in [0.5, 0.6) is 5.75 Å². The van der Waals surface area contributed by atoms with E-state index in [9.17, 15) is 18.3 Å². The number of aromatic hydroxyl groups is 1. The van der Waals surface area contributed by atoms with Crippen molar-refractivity contribution < 1.29 is 18.3 Å². The van der Waals surface area contributed by atoms with Crippen LogP contribution in [0.15, 0.2) is 93.7 Å². The van der Waals surface area contributed by atoms with Crippen LogP contribution in [0.2, 0.25) is 0 Å². The molecule has 0 unspecified atom stereocenters. The van der Waals surface area contributed by atoms with Gasteiger partial charge in [0.1, 0.15) is 5.75 Å². The molecule has 31 heavy (non-hydrogen) atoms. The van der Waals surface area contributed by atoms with Gasteiger partial charge in [0.2, 0.25) is 10.0 Å². The molecule has 0 aliphatic carbocycles. The van der Waals surface area contributed by atoms with Crippen molar-refractivity contribution in [1.29, 1.82) is 0 Å². The zero-order valence-corrected chi connectivity index (χ0v) is 17.7. The summed E-state index contributed by atoms with van der Waals surface area (Å²) < 4.78 is 22.9. The highest BCUT2D eigenvalue weighted by Gasteiger charge is 2.34. The summed E-state index contributed by atoms with van der Waals surface area (Å²) in [7, 11) is -3.80. The summed E-state index contributed by atoms with van der Waals surface area (Å²) in [6, 6.07) is 21.4. The minimum absolute atomic E-state index is 0.0144. The van der Waals surface area contributed by atoms with Gasteiger partial charge in [-0.25, -0.2) is 18.5 Å². The Kier molecular flexibility index (Phi) is 5.64. The lowest BCUT2D eigenvalue weighted by Gasteiger charge is -2.15. The fourth-order valence-corrected chi connectivity index (χ4v) is 4.41. The van der Waals surface area contributed by atoms with Crippen molar-refractivity contribution in [2.24, 2.45) is 10.1 Å². The third-order valence-electron chi connectivity index (χ3n) is 4.40. The minimum Gasteiger partial charge on any atom is -0.508 e. The van der Waals surface area contributed by atoms with Crippen LogP contribution in [0.4, 0.5) is 11.4 Å². The fourth-order valence-electron chi connectivity index (χ4n) is 2.90. The smallest absolute Gasteiger partial charge is 0.271 e. The first kappa shape index (κ1) is 20.9. The van der Waals surface area contributed by atoms with Crippen LogP contribution in [0, 0.1) is 0 Å². The molecule has 1 fully saturated rings. The molecule has 156 valence electrons. The number of hydrogen-bond donors (Lipinski definition) is 2. The number of anilines is 1. The van der Waals surface area contributed by atoms with Crippen LogP contribution < -0.4 is 10.0 Å². The van der Waals surface area contributed by atoms with Crippen LogP contribution in [0.3, 0.4) is 0 Å². The SMILES string of the molecule is NS(=O)(=O)c1ccc(/N=C2\SC(=Cc3ccc(O)cc3)C(=O)N2c2ccccc2)cc1. The van der Waals surface area contributed by atoms with E-state index < -0.39 is 10.0 Å². The van der Waals surface area contributed by atoms with Gasteiger partial charge in [0.05, 0.1) is 21.2 Å². The number of amidine groups is 1. The highest BCUT2D eigenvalue weighted by atomic mass is 32.2. The molecule has 0 atom stereocenters. The molecule has 3 N–H and O–H groups in total. The summed E-state index contributed by atoms with van der Waals surface area (Å²) in [6.45, 7) is 0. The molecule has 0 bridgehead atoms. The third kappa shape index (κ3) is 4.69. The van der Waals surface area contributed by atoms with Crippen LogP contribution in [0.1, 0.15) is 5.56 Å². The lowest BCUT2D eigenvalue weighted by molar-refractivity contribution is -0.113. The van der Waals surface area contributed by atoms with E-state index in [0.29, 0.717) is 21.4 Å². The number of carbonyl (C=O) groups excluding carboxylic acids is 1. The van der Waals surface area contributed by atoms with Crippen LogP contribution in [-0.2, 0) is 14.8 Å². The van der Waals surface area contributed by atoms with Gasteiger partial charge in [-0.3, -0.25) is 9.69 Å². The largest absolute Gasteiger partial charge is 0.508 e. The zero-order valence-electron chi connectivity index (χ0n) is 16.0. The highest BCUT2D eigenvalue weighted by molar-refractivity contribution is 8.19. The second kappa shape index (κ2) is 8.38. The molecule has 0 aromatic heterocycles. The van der Waals surface area contributed by atoms with E-state index >= 15 is 0 Å². The van der Waals surface area contributed by atoms with Crippen molar-refractivity contribution >= 4 is 50.3 Å². The number of nitrogens with zero attached hydrogens (tertiary/aromatic N) is 2. The minimum atomic E-state index is -3.80. The van der Waals surface area contributed by atoms with Crippen molar-refractivity contribution in [2.45, 2.75) is 4.90 Å². The van der Waals surface area contributed by atoms with Crippen molar-refractivity contribution in [3.05, 3.63) is 89.3 Å². The molecule has 1 amide bonds. The maximum Gasteiger partial charge on any atom is 0.271 e. The summed E-state index contributed by atoms with van der Waals surface area (Å²) >= 11 is 1.21. The van der Waals surface area contributed by atoms with Crippen molar-refractivity contribution in [2.75, 3.05) is 4.90 Å². The van der Waals surface area contributed by atoms with Crippen molar-refractivity contribution in [3.8, 4) is 5.75 Å². The molecular weight excluding hydrogens is 434 g/mol. The number of phenols is 1. The molecule has 3 aromatic carbocycles. The first-order valence-corrected chi connectivity index (χ1v) is 11.5. The molecule has 1 saturated heterocycles. The number of carbonyl (C=O) groups is 1. The second-order valence-electron chi connectivity index (χ2n) is 6.61. The quantitative estimate of drug-likeness (QED) is 0.585. The number of phenolic OH excluding ortho intramolecular Hbond substituents is 1. The number of sulfonamides is 1. The molecule has 3 aromatic rings. The first-order chi connectivity index (χ1) is 14.8. The second-order valence-corrected chi connectivity index (χ2v) is 9.18. The highest BCUT2D eigenvalue weighted by Crippen LogP contribution is 2.37. The standard InChI is InChI=1S/C22H17N3O4S2/c23-31(28,29)19-12-8-16(9-13-19)24-22-25(17-4-2-1-3-5-17)21(27)20(30-22)14-15-6-10-18(26)11-7-15/h1-14,26H,(H2,23,28,29)/b20-14?,24-22-. The number of amides is 1. The summed E-state index contributed by atoms with van der Waals surface area (Å²) in [4.78, 5) is 19.7. The number of rotatable bonds is 4. The lowest BCUT2D eigenvalue weighted by Crippen LogP contribution is -2.28. The topological polar surface area (TPSA) is 113 Å². The first-order valence-electron chi connectivity index (χ1n) is 9.11. The van der Waals surface area contributed by atoms with Crippen LogP contribution in [-0.4, -0.2) is 24.6 Å². The summed E-state index contributed by atoms with van der Waals surface area (Å²) in [6.07, 6.45) is 1.73. The number of thioether (sulfide) groups is 1. The summed E-state index contributed by atoms with van der Waals surface area (Å²) in [5.41, 5.74) is 1.91. The number of benzene rings is 3. The van der Waals surface area contributed by atoms with E-state index in [-0.39, 0.29) is 16.6 Å². The van der Waals surface area contributed by atoms with Gasteiger partial charge in [-0.2, -0.15) is 0 Å². The molecule has 0 radical (unpaired) electrons. The molecule has 4 rings (SSSR count). The average molecular weight is 452 g/mol. The Morgan fingerprint density at radius 3 is 2.19 bits per heavy atom. The monoisotopic (exact) mass is 451 g/mol. The van der Waals surface area contributed by atoms with Gasteiger partial charge in [-0.05, 0) is 71.9 Å². The lowest BCUT2D eigenvalue weighted by atomic mass is 10.2.